The van der Waals surface area contributed by atoms with Gasteiger partial charge in [0.25, 0.3) is 5.91 Å². The van der Waals surface area contributed by atoms with Crippen molar-refractivity contribution in [3.63, 3.8) is 0 Å². The number of hydrogen-bond donors (Lipinski definition) is 0. The third-order valence-corrected chi connectivity index (χ3v) is 5.21. The molecule has 5 nitrogen and oxygen atoms in total. The molecular weight excluding hydrogens is 368 g/mol. The molecule has 4 aromatic rings. The summed E-state index contributed by atoms with van der Waals surface area (Å²) in [6.07, 6.45) is 1.76. The maximum absolute atomic E-state index is 13.1. The Labute approximate surface area is 159 Å². The van der Waals surface area contributed by atoms with Crippen molar-refractivity contribution in [2.75, 3.05) is 4.90 Å². The van der Waals surface area contributed by atoms with Crippen molar-refractivity contribution in [2.45, 2.75) is 6.54 Å². The van der Waals surface area contributed by atoms with Gasteiger partial charge in [-0.25, -0.2) is 4.98 Å². The first kappa shape index (κ1) is 16.8. The van der Waals surface area contributed by atoms with Crippen LogP contribution in [0.3, 0.4) is 0 Å². The summed E-state index contributed by atoms with van der Waals surface area (Å²) in [5.41, 5.74) is 2.23. The Morgan fingerprint density at radius 1 is 1.19 bits per heavy atom. The van der Waals surface area contributed by atoms with Crippen LogP contribution in [0.2, 0.25) is 5.02 Å². The summed E-state index contributed by atoms with van der Waals surface area (Å²) < 4.78 is 2.56. The second-order valence-electron chi connectivity index (χ2n) is 5.86. The highest BCUT2D eigenvalue weighted by molar-refractivity contribution is 7.22. The minimum atomic E-state index is -0.181. The van der Waals surface area contributed by atoms with Gasteiger partial charge in [0.1, 0.15) is 0 Å². The number of halogens is 1. The van der Waals surface area contributed by atoms with Crippen LogP contribution in [0.4, 0.5) is 5.13 Å². The fourth-order valence-corrected chi connectivity index (χ4v) is 3.90. The molecular formula is C19H15ClN4OS. The molecule has 4 rings (SSSR count). The number of benzene rings is 2. The molecule has 26 heavy (non-hydrogen) atoms. The van der Waals surface area contributed by atoms with Crippen molar-refractivity contribution < 1.29 is 4.79 Å². The number of fused-ring (bicyclic) bond motifs is 1. The SMILES string of the molecule is Cn1ccc(C(=O)N(Cc2ccccc2)c2nc3ccc(Cl)cc3s2)n1. The number of anilines is 1. The van der Waals surface area contributed by atoms with Gasteiger partial charge in [-0.15, -0.1) is 0 Å². The molecule has 0 unspecified atom stereocenters. The highest BCUT2D eigenvalue weighted by atomic mass is 35.5. The van der Waals surface area contributed by atoms with Gasteiger partial charge in [0.05, 0.1) is 16.8 Å². The van der Waals surface area contributed by atoms with Gasteiger partial charge < -0.3 is 0 Å². The van der Waals surface area contributed by atoms with Crippen molar-refractivity contribution in [2.24, 2.45) is 7.05 Å². The Hall–Kier alpha value is -2.70. The van der Waals surface area contributed by atoms with Gasteiger partial charge in [-0.05, 0) is 29.8 Å². The molecule has 0 fully saturated rings. The minimum absolute atomic E-state index is 0.181. The van der Waals surface area contributed by atoms with E-state index >= 15 is 0 Å². The lowest BCUT2D eigenvalue weighted by Gasteiger charge is -2.19. The quantitative estimate of drug-likeness (QED) is 0.521. The molecule has 0 spiro atoms. The molecule has 0 saturated heterocycles. The van der Waals surface area contributed by atoms with E-state index in [1.54, 1.807) is 35.0 Å². The monoisotopic (exact) mass is 382 g/mol. The van der Waals surface area contributed by atoms with Crippen LogP contribution < -0.4 is 4.90 Å². The molecule has 7 heteroatoms. The first-order valence-electron chi connectivity index (χ1n) is 8.02. The highest BCUT2D eigenvalue weighted by Crippen LogP contribution is 2.32. The van der Waals surface area contributed by atoms with Crippen LogP contribution in [0.25, 0.3) is 10.2 Å². The summed E-state index contributed by atoms with van der Waals surface area (Å²) in [5.74, 6) is -0.181. The normalized spacial score (nSPS) is 11.0. The minimum Gasteiger partial charge on any atom is -0.278 e. The van der Waals surface area contributed by atoms with Gasteiger partial charge in [0, 0.05) is 18.3 Å². The van der Waals surface area contributed by atoms with Crippen LogP contribution in [0.15, 0.2) is 60.8 Å². The molecule has 0 aliphatic heterocycles. The topological polar surface area (TPSA) is 51.0 Å². The van der Waals surface area contributed by atoms with Gasteiger partial charge in [-0.2, -0.15) is 5.10 Å². The Kier molecular flexibility index (Phi) is 4.44. The number of carbonyl (C=O) groups excluding carboxylic acids is 1. The summed E-state index contributed by atoms with van der Waals surface area (Å²) in [5, 5.41) is 5.53. The van der Waals surface area contributed by atoms with Crippen molar-refractivity contribution in [3.05, 3.63) is 77.1 Å². The van der Waals surface area contributed by atoms with Gasteiger partial charge in [0.2, 0.25) is 0 Å². The molecule has 2 aromatic heterocycles. The maximum Gasteiger partial charge on any atom is 0.280 e. The smallest absolute Gasteiger partial charge is 0.278 e. The number of carbonyl (C=O) groups is 1. The first-order chi connectivity index (χ1) is 12.6. The molecule has 2 aromatic carbocycles. The molecule has 0 bridgehead atoms. The van der Waals surface area contributed by atoms with Crippen LogP contribution in [0.5, 0.6) is 0 Å². The third kappa shape index (κ3) is 3.34. The predicted octanol–water partition coefficient (Wildman–Crippen LogP) is 4.53. The van der Waals surface area contributed by atoms with Crippen molar-refractivity contribution in [1.82, 2.24) is 14.8 Å². The van der Waals surface area contributed by atoms with Gasteiger partial charge in [-0.1, -0.05) is 53.3 Å². The summed E-state index contributed by atoms with van der Waals surface area (Å²) in [6.45, 7) is 0.420. The second-order valence-corrected chi connectivity index (χ2v) is 7.31. The lowest BCUT2D eigenvalue weighted by atomic mass is 10.2. The van der Waals surface area contributed by atoms with Crippen LogP contribution >= 0.6 is 22.9 Å². The summed E-state index contributed by atoms with van der Waals surface area (Å²) in [4.78, 5) is 19.4. The van der Waals surface area contributed by atoms with E-state index in [2.05, 4.69) is 10.1 Å². The number of aryl methyl sites for hydroxylation is 1. The number of rotatable bonds is 4. The average molecular weight is 383 g/mol. The molecule has 1 amide bonds. The summed E-state index contributed by atoms with van der Waals surface area (Å²) in [6, 6.07) is 17.1. The van der Waals surface area contributed by atoms with Crippen molar-refractivity contribution in [3.8, 4) is 0 Å². The average Bonchev–Trinajstić information content (AvgIpc) is 3.25. The molecule has 0 saturated carbocycles. The predicted molar refractivity (Wildman–Crippen MR) is 105 cm³/mol. The van der Waals surface area contributed by atoms with Crippen molar-refractivity contribution in [1.29, 1.82) is 0 Å². The number of thiazole rings is 1. The van der Waals surface area contributed by atoms with Gasteiger partial charge >= 0.3 is 0 Å². The number of hydrogen-bond acceptors (Lipinski definition) is 4. The lowest BCUT2D eigenvalue weighted by Crippen LogP contribution is -2.30. The van der Waals surface area contributed by atoms with E-state index in [0.717, 1.165) is 15.8 Å². The fraction of sp³-hybridized carbons (Fsp3) is 0.105. The Balaban J connectivity index is 1.76. The lowest BCUT2D eigenvalue weighted by molar-refractivity contribution is 0.0979. The molecule has 2 heterocycles. The second kappa shape index (κ2) is 6.90. The number of aromatic nitrogens is 3. The zero-order chi connectivity index (χ0) is 18.1. The first-order valence-corrected chi connectivity index (χ1v) is 9.21. The molecule has 0 atom stereocenters. The number of nitrogens with zero attached hydrogens (tertiary/aromatic N) is 4. The maximum atomic E-state index is 13.1. The van der Waals surface area contributed by atoms with E-state index in [1.807, 2.05) is 42.5 Å². The fourth-order valence-electron chi connectivity index (χ4n) is 2.66. The molecule has 0 radical (unpaired) electrons. The van der Waals surface area contributed by atoms with Gasteiger partial charge in [0.15, 0.2) is 10.8 Å². The largest absolute Gasteiger partial charge is 0.280 e. The molecule has 130 valence electrons. The van der Waals surface area contributed by atoms with Crippen LogP contribution in [-0.2, 0) is 13.6 Å². The van der Waals surface area contributed by atoms with E-state index < -0.39 is 0 Å². The van der Waals surface area contributed by atoms with E-state index in [4.69, 9.17) is 11.6 Å². The Morgan fingerprint density at radius 2 is 2.00 bits per heavy atom. The Morgan fingerprint density at radius 3 is 2.73 bits per heavy atom. The zero-order valence-electron chi connectivity index (χ0n) is 14.0. The molecule has 0 aliphatic carbocycles. The molecule has 0 aliphatic rings. The van der Waals surface area contributed by atoms with Gasteiger partial charge in [-0.3, -0.25) is 14.4 Å². The van der Waals surface area contributed by atoms with E-state index in [0.29, 0.717) is 22.4 Å². The number of amides is 1. The zero-order valence-corrected chi connectivity index (χ0v) is 15.5. The van der Waals surface area contributed by atoms with E-state index in [9.17, 15) is 4.79 Å². The van der Waals surface area contributed by atoms with Crippen molar-refractivity contribution >= 4 is 44.2 Å². The van der Waals surface area contributed by atoms with E-state index in [1.165, 1.54) is 11.3 Å². The van der Waals surface area contributed by atoms with Crippen LogP contribution in [-0.4, -0.2) is 20.7 Å². The summed E-state index contributed by atoms with van der Waals surface area (Å²) >= 11 is 7.53. The Bertz CT molecular complexity index is 1070. The molecule has 0 N–H and O–H groups in total. The van der Waals surface area contributed by atoms with E-state index in [-0.39, 0.29) is 5.91 Å². The standard InChI is InChI=1S/C19H15ClN4OS/c1-23-10-9-16(22-23)18(25)24(12-13-5-3-2-4-6-13)19-21-15-8-7-14(20)11-17(15)26-19/h2-11H,12H2,1H3. The van der Waals surface area contributed by atoms with Crippen LogP contribution in [0, 0.1) is 0 Å². The summed E-state index contributed by atoms with van der Waals surface area (Å²) in [7, 11) is 1.79. The third-order valence-electron chi connectivity index (χ3n) is 3.93. The highest BCUT2D eigenvalue weighted by Gasteiger charge is 2.23. The van der Waals surface area contributed by atoms with Crippen LogP contribution in [0.1, 0.15) is 16.1 Å².